The van der Waals surface area contributed by atoms with E-state index >= 15 is 0 Å². The predicted molar refractivity (Wildman–Crippen MR) is 122 cm³/mol. The molecule has 1 heterocycles. The van der Waals surface area contributed by atoms with Crippen LogP contribution in [0.15, 0.2) is 35.3 Å². The summed E-state index contributed by atoms with van der Waals surface area (Å²) >= 11 is 0. The average molecular weight is 440 g/mol. The molecular weight excluding hydrogens is 408 g/mol. The number of amides is 1. The molecule has 170 valence electrons. The maximum atomic E-state index is 13.0. The molecule has 0 bridgehead atoms. The van der Waals surface area contributed by atoms with E-state index in [-0.39, 0.29) is 17.8 Å². The lowest BCUT2D eigenvalue weighted by molar-refractivity contribution is -0.910. The van der Waals surface area contributed by atoms with Crippen LogP contribution in [0.3, 0.4) is 0 Å². The molecule has 0 aliphatic heterocycles. The number of hydrogen-bond donors (Lipinski definition) is 4. The van der Waals surface area contributed by atoms with Gasteiger partial charge in [-0.3, -0.25) is 15.0 Å². The van der Waals surface area contributed by atoms with Crippen molar-refractivity contribution in [2.75, 3.05) is 17.7 Å². The monoisotopic (exact) mass is 439 g/mol. The van der Waals surface area contributed by atoms with Gasteiger partial charge in [0, 0.05) is 46.3 Å². The van der Waals surface area contributed by atoms with E-state index in [1.165, 1.54) is 0 Å². The molecule has 5 N–H and O–H groups in total. The highest BCUT2D eigenvalue weighted by molar-refractivity contribution is 6.04. The lowest BCUT2D eigenvalue weighted by Gasteiger charge is -2.22. The van der Waals surface area contributed by atoms with Crippen molar-refractivity contribution in [3.63, 3.8) is 0 Å². The second-order valence-electron chi connectivity index (χ2n) is 8.53. The van der Waals surface area contributed by atoms with E-state index in [1.807, 2.05) is 13.0 Å². The minimum Gasteiger partial charge on any atom is -0.492 e. The zero-order valence-electron chi connectivity index (χ0n) is 18.3. The highest BCUT2D eigenvalue weighted by Crippen LogP contribution is 2.38. The van der Waals surface area contributed by atoms with Crippen LogP contribution in [-0.2, 0) is 0 Å². The van der Waals surface area contributed by atoms with E-state index in [9.17, 15) is 15.1 Å². The van der Waals surface area contributed by atoms with Gasteiger partial charge in [-0.25, -0.2) is 0 Å². The number of hydrogen-bond acceptors (Lipinski definition) is 6. The number of pyridine rings is 1. The average Bonchev–Trinajstić information content (AvgIpc) is 3.61. The molecule has 32 heavy (non-hydrogen) atoms. The van der Waals surface area contributed by atoms with Crippen LogP contribution in [0.4, 0.5) is 11.4 Å². The van der Waals surface area contributed by atoms with Crippen LogP contribution >= 0.6 is 0 Å². The number of nitrogens with one attached hydrogen (secondary N) is 1. The van der Waals surface area contributed by atoms with Gasteiger partial charge in [-0.1, -0.05) is 0 Å². The zero-order valence-corrected chi connectivity index (χ0v) is 18.3. The van der Waals surface area contributed by atoms with E-state index in [1.54, 1.807) is 30.5 Å². The molecule has 2 aromatic rings. The topological polar surface area (TPSA) is 121 Å². The van der Waals surface area contributed by atoms with Crippen molar-refractivity contribution in [2.24, 2.45) is 4.99 Å². The number of nitrogen functional groups attached to an aromatic ring is 1. The van der Waals surface area contributed by atoms with E-state index < -0.39 is 5.91 Å². The van der Waals surface area contributed by atoms with Gasteiger partial charge in [-0.15, -0.1) is 0 Å². The Hall–Kier alpha value is -3.13. The third-order valence-electron chi connectivity index (χ3n) is 6.05. The van der Waals surface area contributed by atoms with Crippen molar-refractivity contribution < 1.29 is 24.6 Å². The van der Waals surface area contributed by atoms with Gasteiger partial charge in [0.15, 0.2) is 0 Å². The quantitative estimate of drug-likeness (QED) is 0.229. The Kier molecular flexibility index (Phi) is 6.60. The zero-order chi connectivity index (χ0) is 22.7. The summed E-state index contributed by atoms with van der Waals surface area (Å²) in [6.45, 7) is 2.27. The molecule has 0 spiro atoms. The van der Waals surface area contributed by atoms with Crippen LogP contribution < -0.4 is 20.5 Å². The van der Waals surface area contributed by atoms with E-state index in [0.717, 1.165) is 48.9 Å². The second-order valence-corrected chi connectivity index (χ2v) is 8.53. The maximum Gasteiger partial charge on any atom is 0.325 e. The summed E-state index contributed by atoms with van der Waals surface area (Å²) in [5, 5.41) is 23.1. The number of aliphatic hydroxyl groups is 1. The van der Waals surface area contributed by atoms with Crippen molar-refractivity contribution in [1.29, 1.82) is 0 Å². The molecule has 1 aromatic carbocycles. The Labute approximate surface area is 187 Å². The number of carbonyl (C=O) groups is 1. The first-order valence-corrected chi connectivity index (χ1v) is 11.3. The van der Waals surface area contributed by atoms with Crippen molar-refractivity contribution in [1.82, 2.24) is 0 Å². The van der Waals surface area contributed by atoms with E-state index in [0.29, 0.717) is 35.2 Å². The molecule has 2 fully saturated rings. The summed E-state index contributed by atoms with van der Waals surface area (Å²) in [5.74, 6) is 0.316. The molecule has 1 amide bonds. The maximum absolute atomic E-state index is 13.0. The van der Waals surface area contributed by atoms with Gasteiger partial charge in [0.25, 0.3) is 0 Å². The predicted octanol–water partition coefficient (Wildman–Crippen LogP) is 3.04. The molecule has 2 aliphatic rings. The van der Waals surface area contributed by atoms with Crippen molar-refractivity contribution in [3.8, 4) is 5.75 Å². The highest BCUT2D eigenvalue weighted by Gasteiger charge is 2.35. The fraction of sp³-hybridized carbons (Fsp3) is 0.458. The first-order valence-electron chi connectivity index (χ1n) is 11.3. The van der Waals surface area contributed by atoms with Crippen molar-refractivity contribution in [2.45, 2.75) is 63.5 Å². The van der Waals surface area contributed by atoms with Gasteiger partial charge in [0.2, 0.25) is 5.69 Å². The third-order valence-corrected chi connectivity index (χ3v) is 6.05. The number of aliphatic imine (C=N–C) groups is 1. The molecule has 2 saturated carbocycles. The summed E-state index contributed by atoms with van der Waals surface area (Å²) in [5.41, 5.74) is 8.75. The fourth-order valence-electron chi connectivity index (χ4n) is 4.05. The summed E-state index contributed by atoms with van der Waals surface area (Å²) in [4.78, 5) is 17.6. The summed E-state index contributed by atoms with van der Waals surface area (Å²) < 4.78 is 6.66. The Balaban J connectivity index is 1.57. The van der Waals surface area contributed by atoms with E-state index in [4.69, 9.17) is 10.5 Å². The Morgan fingerprint density at radius 1 is 1.25 bits per heavy atom. The Morgan fingerprint density at radius 2 is 2.00 bits per heavy atom. The number of nitrogens with two attached hydrogens (primary N) is 1. The third kappa shape index (κ3) is 5.02. The lowest BCUT2D eigenvalue weighted by Crippen LogP contribution is -2.43. The largest absolute Gasteiger partial charge is 0.492 e. The highest BCUT2D eigenvalue weighted by atomic mass is 16.5. The molecule has 8 nitrogen and oxygen atoms in total. The molecule has 2 aliphatic carbocycles. The van der Waals surface area contributed by atoms with Gasteiger partial charge in [-0.2, -0.15) is 0 Å². The minimum atomic E-state index is -0.440. The lowest BCUT2D eigenvalue weighted by atomic mass is 9.93. The number of rotatable bonds is 7. The van der Waals surface area contributed by atoms with Crippen LogP contribution in [0.2, 0.25) is 0 Å². The van der Waals surface area contributed by atoms with Crippen molar-refractivity contribution >= 4 is 23.5 Å². The van der Waals surface area contributed by atoms with Crippen LogP contribution in [0.1, 0.15) is 73.1 Å². The van der Waals surface area contributed by atoms with Crippen LogP contribution in [0.5, 0.6) is 5.75 Å². The fourth-order valence-corrected chi connectivity index (χ4v) is 4.05. The molecular formula is C24H31N4O4+. The molecule has 4 rings (SSSR count). The number of nitrogens with zero attached hydrogens (tertiary/aromatic N) is 2. The summed E-state index contributed by atoms with van der Waals surface area (Å²) in [6.07, 6.45) is 6.71. The number of aliphatic hydroxyl groups excluding tert-OH is 1. The van der Waals surface area contributed by atoms with Gasteiger partial charge in [0.05, 0.1) is 24.4 Å². The molecule has 0 atom stereocenters. The molecule has 8 heteroatoms. The number of aromatic nitrogens is 1. The molecule has 0 radical (unpaired) electrons. The molecule has 0 unspecified atom stereocenters. The standard InChI is InChI=1S/C24H30N4O4/c1-2-32-23-13-19(25)16(14-26-17-8-10-18(29)11-9-17)12-20(23)27-24(30)22-5-3-4-21(28(22)31)15-6-7-15/h3-5,12-15,17-18,25,29-31H,2,6-11H2,1H3/p+1. The van der Waals surface area contributed by atoms with Gasteiger partial charge < -0.3 is 20.9 Å². The van der Waals surface area contributed by atoms with Crippen molar-refractivity contribution in [3.05, 3.63) is 47.3 Å². The van der Waals surface area contributed by atoms with Crippen LogP contribution in [-0.4, -0.2) is 41.2 Å². The normalized spacial score (nSPS) is 20.9. The first kappa shape index (κ1) is 22.1. The van der Waals surface area contributed by atoms with Crippen LogP contribution in [0, 0.1) is 0 Å². The van der Waals surface area contributed by atoms with Gasteiger partial charge in [-0.05, 0) is 57.6 Å². The van der Waals surface area contributed by atoms with Crippen LogP contribution in [0.25, 0.3) is 0 Å². The first-order chi connectivity index (χ1) is 15.5. The van der Waals surface area contributed by atoms with E-state index in [2.05, 4.69) is 10.3 Å². The number of carbonyl (C=O) groups excluding carboxylic acids is 1. The number of ether oxygens (including phenoxy) is 1. The Bertz CT molecular complexity index is 1010. The number of anilines is 2. The molecule has 1 aromatic heterocycles. The Morgan fingerprint density at radius 3 is 2.69 bits per heavy atom. The van der Waals surface area contributed by atoms with Gasteiger partial charge in [0.1, 0.15) is 5.75 Å². The molecule has 0 saturated heterocycles. The summed E-state index contributed by atoms with van der Waals surface area (Å²) in [6, 6.07) is 8.77. The second kappa shape index (κ2) is 9.56. The van der Waals surface area contributed by atoms with Gasteiger partial charge >= 0.3 is 11.6 Å². The minimum absolute atomic E-state index is 0.154. The SMILES string of the molecule is CCOc1cc(N)c(C=NC2CCC(O)CC2)cc1NC(=O)c1cccc(C2CC2)[n+]1O. The number of benzene rings is 1. The summed E-state index contributed by atoms with van der Waals surface area (Å²) in [7, 11) is 0. The smallest absolute Gasteiger partial charge is 0.325 e.